The van der Waals surface area contributed by atoms with Crippen molar-refractivity contribution >= 4 is 23.5 Å². The molecule has 0 aromatic rings. The fraction of sp³-hybridized carbons (Fsp3) is 0.778. The Bertz CT molecular complexity index is 233. The Kier molecular flexibility index (Phi) is 6.27. The molecule has 0 unspecified atom stereocenters. The van der Waals surface area contributed by atoms with Crippen LogP contribution >= 0.6 is 11.6 Å². The molecular weight excluding hydrogens is 220 g/mol. The maximum atomic E-state index is 11.4. The number of alkyl halides is 1. The molecule has 0 aliphatic carbocycles. The van der Waals surface area contributed by atoms with Crippen LogP contribution in [0.4, 0.5) is 0 Å². The summed E-state index contributed by atoms with van der Waals surface area (Å²) in [5.41, 5.74) is 5.57. The van der Waals surface area contributed by atoms with Crippen LogP contribution in [-0.2, 0) is 9.59 Å². The summed E-state index contributed by atoms with van der Waals surface area (Å²) in [6.45, 7) is 3.87. The highest BCUT2D eigenvalue weighted by atomic mass is 35.5. The van der Waals surface area contributed by atoms with E-state index in [-0.39, 0.29) is 11.8 Å². The highest BCUT2D eigenvalue weighted by Crippen LogP contribution is 2.03. The van der Waals surface area contributed by atoms with Gasteiger partial charge in [0.2, 0.25) is 5.91 Å². The lowest BCUT2D eigenvalue weighted by Crippen LogP contribution is -2.49. The van der Waals surface area contributed by atoms with Gasteiger partial charge in [0.05, 0.1) is 11.9 Å². The third-order valence-corrected chi connectivity index (χ3v) is 2.14. The predicted molar refractivity (Wildman–Crippen MR) is 57.7 cm³/mol. The van der Waals surface area contributed by atoms with Crippen LogP contribution in [0.1, 0.15) is 20.3 Å². The second-order valence-corrected chi connectivity index (χ2v) is 4.10. The Morgan fingerprint density at radius 2 is 2.00 bits per heavy atom. The van der Waals surface area contributed by atoms with Crippen molar-refractivity contribution in [1.82, 2.24) is 5.32 Å². The van der Waals surface area contributed by atoms with Crippen LogP contribution in [0, 0.1) is 5.92 Å². The average molecular weight is 237 g/mol. The first-order valence-electron chi connectivity index (χ1n) is 4.73. The summed E-state index contributed by atoms with van der Waals surface area (Å²) in [7, 11) is 0. The highest BCUT2D eigenvalue weighted by Gasteiger charge is 2.22. The van der Waals surface area contributed by atoms with Crippen LogP contribution in [-0.4, -0.2) is 34.9 Å². The van der Waals surface area contributed by atoms with Crippen LogP contribution in [0.5, 0.6) is 0 Å². The number of amides is 1. The van der Waals surface area contributed by atoms with Crippen molar-refractivity contribution in [1.29, 1.82) is 0 Å². The standard InChI is InChI=1S/C9H17ClN2O3/c1-5(2)3-6(11)8(13)12-7(4-10)9(14)15/h5-7H,3-4,11H2,1-2H3,(H,12,13)(H,14,15)/t6-,7-/m0/s1. The monoisotopic (exact) mass is 236 g/mol. The van der Waals surface area contributed by atoms with Gasteiger partial charge in [0.15, 0.2) is 0 Å². The van der Waals surface area contributed by atoms with Crippen LogP contribution < -0.4 is 11.1 Å². The van der Waals surface area contributed by atoms with Crippen molar-refractivity contribution in [2.75, 3.05) is 5.88 Å². The molecule has 0 aliphatic heterocycles. The van der Waals surface area contributed by atoms with E-state index in [2.05, 4.69) is 5.32 Å². The van der Waals surface area contributed by atoms with Crippen molar-refractivity contribution < 1.29 is 14.7 Å². The minimum absolute atomic E-state index is 0.171. The third-order valence-electron chi connectivity index (χ3n) is 1.83. The molecule has 0 aliphatic rings. The molecule has 88 valence electrons. The average Bonchev–Trinajstić information content (AvgIpc) is 2.11. The Morgan fingerprint density at radius 3 is 2.33 bits per heavy atom. The molecule has 0 aromatic heterocycles. The Hall–Kier alpha value is -0.810. The molecule has 1 amide bonds. The molecule has 5 nitrogen and oxygen atoms in total. The molecule has 0 bridgehead atoms. The van der Waals surface area contributed by atoms with Gasteiger partial charge in [-0.3, -0.25) is 4.79 Å². The second-order valence-electron chi connectivity index (χ2n) is 3.79. The van der Waals surface area contributed by atoms with E-state index >= 15 is 0 Å². The maximum absolute atomic E-state index is 11.4. The van der Waals surface area contributed by atoms with E-state index in [1.165, 1.54) is 0 Å². The molecule has 0 saturated heterocycles. The van der Waals surface area contributed by atoms with Crippen molar-refractivity contribution in [2.24, 2.45) is 11.7 Å². The molecular formula is C9H17ClN2O3. The number of nitrogens with two attached hydrogens (primary N) is 1. The summed E-state index contributed by atoms with van der Waals surface area (Å²) < 4.78 is 0. The van der Waals surface area contributed by atoms with Crippen molar-refractivity contribution in [2.45, 2.75) is 32.4 Å². The zero-order chi connectivity index (χ0) is 12.0. The van der Waals surface area contributed by atoms with Crippen LogP contribution in [0.15, 0.2) is 0 Å². The van der Waals surface area contributed by atoms with E-state index < -0.39 is 24.0 Å². The molecule has 0 fully saturated rings. The molecule has 0 aromatic carbocycles. The summed E-state index contributed by atoms with van der Waals surface area (Å²) >= 11 is 5.38. The van der Waals surface area contributed by atoms with Gasteiger partial charge in [0.25, 0.3) is 0 Å². The minimum atomic E-state index is -1.16. The number of carboxylic acid groups (broad SMARTS) is 1. The molecule has 0 saturated carbocycles. The van der Waals surface area contributed by atoms with Gasteiger partial charge in [-0.25, -0.2) is 4.79 Å². The molecule has 4 N–H and O–H groups in total. The van der Waals surface area contributed by atoms with E-state index in [1.807, 2.05) is 13.8 Å². The van der Waals surface area contributed by atoms with Gasteiger partial charge in [-0.05, 0) is 12.3 Å². The molecule has 6 heteroatoms. The van der Waals surface area contributed by atoms with Crippen molar-refractivity contribution in [3.63, 3.8) is 0 Å². The van der Waals surface area contributed by atoms with Crippen molar-refractivity contribution in [3.8, 4) is 0 Å². The first kappa shape index (κ1) is 14.2. The van der Waals surface area contributed by atoms with Gasteiger partial charge in [-0.1, -0.05) is 13.8 Å². The molecule has 0 radical (unpaired) electrons. The SMILES string of the molecule is CC(C)C[C@H](N)C(=O)N[C@@H](CCl)C(=O)O. The molecule has 0 heterocycles. The van der Waals surface area contributed by atoms with Gasteiger partial charge < -0.3 is 16.2 Å². The largest absolute Gasteiger partial charge is 0.480 e. The second kappa shape index (κ2) is 6.63. The fourth-order valence-electron chi connectivity index (χ4n) is 1.06. The summed E-state index contributed by atoms with van der Waals surface area (Å²) in [6, 6.07) is -1.76. The molecule has 15 heavy (non-hydrogen) atoms. The quantitative estimate of drug-likeness (QED) is 0.573. The first-order valence-corrected chi connectivity index (χ1v) is 5.26. The summed E-state index contributed by atoms with van der Waals surface area (Å²) in [5.74, 6) is -1.52. The predicted octanol–water partition coefficient (Wildman–Crippen LogP) is 0.168. The summed E-state index contributed by atoms with van der Waals surface area (Å²) in [4.78, 5) is 22.0. The van der Waals surface area contributed by atoms with E-state index in [9.17, 15) is 9.59 Å². The molecule has 0 rings (SSSR count). The number of carbonyl (C=O) groups is 2. The normalized spacial score (nSPS) is 14.7. The molecule has 2 atom stereocenters. The van der Waals surface area contributed by atoms with Crippen LogP contribution in [0.3, 0.4) is 0 Å². The number of hydrogen-bond acceptors (Lipinski definition) is 3. The van der Waals surface area contributed by atoms with E-state index in [0.29, 0.717) is 6.42 Å². The molecule has 0 spiro atoms. The van der Waals surface area contributed by atoms with Crippen LogP contribution in [0.2, 0.25) is 0 Å². The van der Waals surface area contributed by atoms with Gasteiger partial charge in [0, 0.05) is 0 Å². The lowest BCUT2D eigenvalue weighted by Gasteiger charge is -2.17. The topological polar surface area (TPSA) is 92.4 Å². The number of rotatable bonds is 6. The highest BCUT2D eigenvalue weighted by molar-refractivity contribution is 6.19. The zero-order valence-corrected chi connectivity index (χ0v) is 9.62. The van der Waals surface area contributed by atoms with Crippen molar-refractivity contribution in [3.05, 3.63) is 0 Å². The first-order chi connectivity index (χ1) is 6.88. The maximum Gasteiger partial charge on any atom is 0.327 e. The van der Waals surface area contributed by atoms with E-state index in [1.54, 1.807) is 0 Å². The number of halogens is 1. The summed E-state index contributed by atoms with van der Waals surface area (Å²) in [5, 5.41) is 10.9. The number of hydrogen-bond donors (Lipinski definition) is 3. The van der Waals surface area contributed by atoms with E-state index in [0.717, 1.165) is 0 Å². The van der Waals surface area contributed by atoms with Gasteiger partial charge in [0.1, 0.15) is 6.04 Å². The van der Waals surface area contributed by atoms with Crippen LogP contribution in [0.25, 0.3) is 0 Å². The lowest BCUT2D eigenvalue weighted by molar-refractivity contribution is -0.141. The summed E-state index contributed by atoms with van der Waals surface area (Å²) in [6.07, 6.45) is 0.514. The van der Waals surface area contributed by atoms with Gasteiger partial charge >= 0.3 is 5.97 Å². The minimum Gasteiger partial charge on any atom is -0.480 e. The third kappa shape index (κ3) is 5.59. The lowest BCUT2D eigenvalue weighted by atomic mass is 10.0. The number of carbonyl (C=O) groups excluding carboxylic acids is 1. The number of aliphatic carboxylic acids is 1. The van der Waals surface area contributed by atoms with Gasteiger partial charge in [-0.15, -0.1) is 11.6 Å². The Morgan fingerprint density at radius 1 is 1.47 bits per heavy atom. The van der Waals surface area contributed by atoms with E-state index in [4.69, 9.17) is 22.4 Å². The van der Waals surface area contributed by atoms with Gasteiger partial charge in [-0.2, -0.15) is 0 Å². The fourth-order valence-corrected chi connectivity index (χ4v) is 1.27. The number of carboxylic acids is 1. The smallest absolute Gasteiger partial charge is 0.327 e. The zero-order valence-electron chi connectivity index (χ0n) is 8.87. The Labute approximate surface area is 94.0 Å². The Balaban J connectivity index is 4.16. The number of nitrogens with one attached hydrogen (secondary N) is 1.